The molecule has 11 rings (SSSR count). The van der Waals surface area contributed by atoms with Crippen LogP contribution < -0.4 is 15.8 Å². The number of carbonyl (C=O) groups excluding carboxylic acids is 4. The second-order valence-corrected chi connectivity index (χ2v) is 19.3. The molecule has 16 heteroatoms. The summed E-state index contributed by atoms with van der Waals surface area (Å²) in [6, 6.07) is 24.6. The van der Waals surface area contributed by atoms with Crippen LogP contribution in [-0.4, -0.2) is 138 Å². The zero-order chi connectivity index (χ0) is 45.6. The van der Waals surface area contributed by atoms with E-state index in [1.165, 1.54) is 11.9 Å². The normalized spacial score (nSPS) is 22.1. The third-order valence-electron chi connectivity index (χ3n) is 15.5. The highest BCUT2D eigenvalue weighted by Gasteiger charge is 2.40. The predicted octanol–water partition coefficient (Wildman–Crippen LogP) is 6.19. The number of anilines is 1. The van der Waals surface area contributed by atoms with Gasteiger partial charge in [0.1, 0.15) is 35.4 Å². The maximum atomic E-state index is 13.8. The largest absolute Gasteiger partial charge is 0.457 e. The molecule has 8 heterocycles. The minimum atomic E-state index is -0.596. The first kappa shape index (κ1) is 43.2. The first-order valence-corrected chi connectivity index (χ1v) is 24.4. The lowest BCUT2D eigenvalue weighted by Crippen LogP contribution is -2.54. The van der Waals surface area contributed by atoms with Gasteiger partial charge in [-0.3, -0.25) is 19.7 Å². The molecule has 2 aromatic heterocycles. The number of benzene rings is 3. The maximum Gasteiger partial charge on any atom is 0.320 e. The van der Waals surface area contributed by atoms with Crippen molar-refractivity contribution in [1.82, 2.24) is 49.6 Å². The van der Waals surface area contributed by atoms with Crippen molar-refractivity contribution in [2.75, 3.05) is 58.1 Å². The molecule has 0 aliphatic carbocycles. The Morgan fingerprint density at radius 3 is 1.97 bits per heavy atom. The Balaban J connectivity index is 0.629. The minimum Gasteiger partial charge on any atom is -0.457 e. The van der Waals surface area contributed by atoms with Gasteiger partial charge in [0.15, 0.2) is 5.65 Å². The number of nitrogens with zero attached hydrogens (tertiary/aromatic N) is 9. The van der Waals surface area contributed by atoms with E-state index in [1.807, 2.05) is 60.7 Å². The lowest BCUT2D eigenvalue weighted by molar-refractivity contribution is -0.136. The van der Waals surface area contributed by atoms with E-state index in [0.717, 1.165) is 143 Å². The SMILES string of the molecule is Nc1ncnc2c1c(-c1ccc(Oc3ccccc3)cc1)nn2C1CCN(C2CCN(C(=O)N3CCC(N4CCC(c5ccc6c(c5)CN(C5CCC(=O)NC5=O)C6=O)CC4)CC3)CC2)CC1. The average Bonchev–Trinajstić information content (AvgIpc) is 3.92. The van der Waals surface area contributed by atoms with Crippen LogP contribution in [0.15, 0.2) is 79.1 Å². The Morgan fingerprint density at radius 1 is 0.687 bits per heavy atom. The number of carbonyl (C=O) groups is 4. The fourth-order valence-corrected chi connectivity index (χ4v) is 11.7. The van der Waals surface area contributed by atoms with E-state index < -0.39 is 6.04 Å². The molecule has 16 nitrogen and oxygen atoms in total. The van der Waals surface area contributed by atoms with Crippen LogP contribution >= 0.6 is 0 Å². The second kappa shape index (κ2) is 18.4. The predicted molar refractivity (Wildman–Crippen MR) is 252 cm³/mol. The molecule has 5 aromatic rings. The summed E-state index contributed by atoms with van der Waals surface area (Å²) < 4.78 is 8.10. The van der Waals surface area contributed by atoms with Gasteiger partial charge in [0.25, 0.3) is 5.91 Å². The molecule has 3 N–H and O–H groups in total. The first-order chi connectivity index (χ1) is 32.7. The summed E-state index contributed by atoms with van der Waals surface area (Å²) in [7, 11) is 0. The van der Waals surface area contributed by atoms with Crippen molar-refractivity contribution < 1.29 is 23.9 Å². The van der Waals surface area contributed by atoms with E-state index in [9.17, 15) is 19.2 Å². The minimum absolute atomic E-state index is 0.124. The third kappa shape index (κ3) is 8.61. The number of para-hydroxylation sites is 1. The van der Waals surface area contributed by atoms with Crippen LogP contribution in [0.1, 0.15) is 97.7 Å². The van der Waals surface area contributed by atoms with Gasteiger partial charge in [0.2, 0.25) is 11.8 Å². The summed E-state index contributed by atoms with van der Waals surface area (Å²) in [5.74, 6) is 1.60. The van der Waals surface area contributed by atoms with Gasteiger partial charge in [-0.15, -0.1) is 0 Å². The number of nitrogen functional groups attached to an aromatic ring is 1. The van der Waals surface area contributed by atoms with Crippen LogP contribution in [0.5, 0.6) is 11.5 Å². The number of nitrogens with one attached hydrogen (secondary N) is 1. The molecular weight excluding hydrogens is 847 g/mol. The number of urea groups is 1. The van der Waals surface area contributed by atoms with Gasteiger partial charge in [-0.1, -0.05) is 30.3 Å². The summed E-state index contributed by atoms with van der Waals surface area (Å²) >= 11 is 0. The Labute approximate surface area is 390 Å². The van der Waals surface area contributed by atoms with Crippen molar-refractivity contribution in [2.24, 2.45) is 0 Å². The molecule has 67 heavy (non-hydrogen) atoms. The van der Waals surface area contributed by atoms with Gasteiger partial charge >= 0.3 is 6.03 Å². The summed E-state index contributed by atoms with van der Waals surface area (Å²) in [6.45, 7) is 7.58. The molecule has 0 saturated carbocycles. The molecular formula is C51H59N11O5. The Hall–Kier alpha value is -6.39. The Kier molecular flexibility index (Phi) is 11.8. The van der Waals surface area contributed by atoms with Gasteiger partial charge in [-0.2, -0.15) is 5.10 Å². The number of likely N-dealkylation sites (tertiary alicyclic amines) is 4. The third-order valence-corrected chi connectivity index (χ3v) is 15.5. The monoisotopic (exact) mass is 905 g/mol. The van der Waals surface area contributed by atoms with Gasteiger partial charge in [-0.25, -0.2) is 19.4 Å². The van der Waals surface area contributed by atoms with Crippen molar-refractivity contribution >= 4 is 40.6 Å². The molecule has 5 fully saturated rings. The van der Waals surface area contributed by atoms with Gasteiger partial charge < -0.3 is 35.0 Å². The van der Waals surface area contributed by atoms with Gasteiger partial charge in [-0.05, 0) is 130 Å². The van der Waals surface area contributed by atoms with E-state index in [1.54, 1.807) is 4.90 Å². The fraction of sp³-hybridized carbons (Fsp3) is 0.471. The van der Waals surface area contributed by atoms with Crippen molar-refractivity contribution in [3.63, 3.8) is 0 Å². The smallest absolute Gasteiger partial charge is 0.320 e. The molecule has 1 unspecified atom stereocenters. The number of rotatable bonds is 8. The number of fused-ring (bicyclic) bond motifs is 2. The molecule has 6 aliphatic heterocycles. The molecule has 3 aromatic carbocycles. The van der Waals surface area contributed by atoms with Crippen LogP contribution in [0.25, 0.3) is 22.3 Å². The highest BCUT2D eigenvalue weighted by Crippen LogP contribution is 2.38. The van der Waals surface area contributed by atoms with Crippen molar-refractivity contribution in [3.8, 4) is 22.8 Å². The fourth-order valence-electron chi connectivity index (χ4n) is 11.7. The average molecular weight is 906 g/mol. The highest BCUT2D eigenvalue weighted by atomic mass is 16.5. The van der Waals surface area contributed by atoms with E-state index in [4.69, 9.17) is 15.6 Å². The summed E-state index contributed by atoms with van der Waals surface area (Å²) in [5.41, 5.74) is 11.9. The van der Waals surface area contributed by atoms with E-state index in [2.05, 4.69) is 51.7 Å². The molecule has 1 atom stereocenters. The molecule has 5 saturated heterocycles. The first-order valence-electron chi connectivity index (χ1n) is 24.4. The Morgan fingerprint density at radius 2 is 1.31 bits per heavy atom. The molecule has 6 aliphatic rings. The van der Waals surface area contributed by atoms with Crippen LogP contribution in [0.2, 0.25) is 0 Å². The van der Waals surface area contributed by atoms with Crippen molar-refractivity contribution in [2.45, 2.75) is 101 Å². The second-order valence-electron chi connectivity index (χ2n) is 19.3. The van der Waals surface area contributed by atoms with E-state index in [-0.39, 0.29) is 36.2 Å². The van der Waals surface area contributed by atoms with Crippen LogP contribution in [-0.2, 0) is 16.1 Å². The summed E-state index contributed by atoms with van der Waals surface area (Å²) in [5, 5.41) is 8.31. The van der Waals surface area contributed by atoms with Gasteiger partial charge in [0, 0.05) is 75.4 Å². The topological polar surface area (TPSA) is 175 Å². The van der Waals surface area contributed by atoms with E-state index >= 15 is 0 Å². The quantitative estimate of drug-likeness (QED) is 0.170. The number of hydrogen-bond acceptors (Lipinski definition) is 11. The molecule has 0 radical (unpaired) electrons. The molecule has 5 amide bonds. The molecule has 0 spiro atoms. The van der Waals surface area contributed by atoms with Crippen LogP contribution in [0.4, 0.5) is 10.6 Å². The number of hydrogen-bond donors (Lipinski definition) is 2. The number of amides is 5. The zero-order valence-electron chi connectivity index (χ0n) is 38.0. The molecule has 348 valence electrons. The number of imide groups is 1. The molecule has 0 bridgehead atoms. The lowest BCUT2D eigenvalue weighted by Gasteiger charge is -2.45. The number of piperidine rings is 5. The summed E-state index contributed by atoms with van der Waals surface area (Å²) in [6.07, 6.45) is 10.2. The Bertz CT molecular complexity index is 2640. The van der Waals surface area contributed by atoms with Crippen molar-refractivity contribution in [3.05, 3.63) is 95.8 Å². The van der Waals surface area contributed by atoms with Crippen molar-refractivity contribution in [1.29, 1.82) is 0 Å². The van der Waals surface area contributed by atoms with Crippen LogP contribution in [0, 0.1) is 0 Å². The van der Waals surface area contributed by atoms with Gasteiger partial charge in [0.05, 0.1) is 11.4 Å². The lowest BCUT2D eigenvalue weighted by atomic mass is 9.86. The number of nitrogens with two attached hydrogens (primary N) is 1. The zero-order valence-corrected chi connectivity index (χ0v) is 38.0. The standard InChI is InChI=1S/C51H59N11O5/c52-47-45-46(34-6-9-41(10-7-34)67-40-4-2-1-3-5-40)56-62(48(45)54-32-53-47)39-20-24-58(25-21-39)38-18-28-60(29-19-38)51(66)59-26-16-37(17-27-59)57-22-14-33(15-23-57)35-8-11-42-36(30-35)31-61(50(42)65)43-12-13-44(63)55-49(43)64/h1-11,30,32-33,37-39,43H,12-29,31H2,(H2,52,53,54)(H,55,63,64). The number of aromatic nitrogens is 4. The number of ether oxygens (including phenoxy) is 1. The highest BCUT2D eigenvalue weighted by molar-refractivity contribution is 6.05. The van der Waals surface area contributed by atoms with E-state index in [0.29, 0.717) is 42.3 Å². The summed E-state index contributed by atoms with van der Waals surface area (Å²) in [4.78, 5) is 71.3. The van der Waals surface area contributed by atoms with Crippen LogP contribution in [0.3, 0.4) is 0 Å². The maximum absolute atomic E-state index is 13.8.